The molecule has 0 radical (unpaired) electrons. The number of hydrogen-bond acceptors (Lipinski definition) is 4. The number of hydrogen-bond donors (Lipinski definition) is 1. The Balaban J connectivity index is 1.76. The lowest BCUT2D eigenvalue weighted by molar-refractivity contribution is -0.140. The lowest BCUT2D eigenvalue weighted by Gasteiger charge is -2.34. The summed E-state index contributed by atoms with van der Waals surface area (Å²) in [4.78, 5) is 6.08. The molecule has 0 bridgehead atoms. The number of fused-ring (bicyclic) bond motifs is 1. The fraction of sp³-hybridized carbons (Fsp3) is 0.526. The Bertz CT molecular complexity index is 748. The molecule has 0 spiro atoms. The molecule has 26 heavy (non-hydrogen) atoms. The second-order valence-corrected chi connectivity index (χ2v) is 7.10. The van der Waals surface area contributed by atoms with Gasteiger partial charge in [-0.15, -0.1) is 0 Å². The maximum atomic E-state index is 13.1. The van der Waals surface area contributed by atoms with Gasteiger partial charge < -0.3 is 10.1 Å². The Kier molecular flexibility index (Phi) is 5.67. The molecule has 3 rings (SSSR count). The highest BCUT2D eigenvalue weighted by Crippen LogP contribution is 2.33. The standard InChI is InChI=1S/C19H24F3N3O/c1-13(2)11-25-7-8-26-14(12-25)10-23-17-9-18(19(20,21)22)24-16-6-4-3-5-15(16)17/h3-6,9,13-14H,7-8,10-12H2,1-2H3,(H,23,24). The Hall–Kier alpha value is -1.86. The monoisotopic (exact) mass is 367 g/mol. The summed E-state index contributed by atoms with van der Waals surface area (Å²) in [7, 11) is 0. The van der Waals surface area contributed by atoms with E-state index in [1.165, 1.54) is 0 Å². The molecule has 1 aromatic heterocycles. The third-order valence-corrected chi connectivity index (χ3v) is 4.37. The Morgan fingerprint density at radius 3 is 2.81 bits per heavy atom. The van der Waals surface area contributed by atoms with Crippen LogP contribution in [0.15, 0.2) is 30.3 Å². The summed E-state index contributed by atoms with van der Waals surface area (Å²) in [6, 6.07) is 7.93. The van der Waals surface area contributed by atoms with Crippen molar-refractivity contribution in [3.8, 4) is 0 Å². The van der Waals surface area contributed by atoms with Gasteiger partial charge in [0, 0.05) is 37.3 Å². The van der Waals surface area contributed by atoms with E-state index in [2.05, 4.69) is 29.0 Å². The maximum absolute atomic E-state index is 13.1. The number of para-hydroxylation sites is 1. The first-order chi connectivity index (χ1) is 12.3. The van der Waals surface area contributed by atoms with Gasteiger partial charge in [0.05, 0.1) is 18.2 Å². The minimum atomic E-state index is -4.48. The molecule has 1 saturated heterocycles. The second kappa shape index (κ2) is 7.80. The summed E-state index contributed by atoms with van der Waals surface area (Å²) in [6.45, 7) is 8.11. The van der Waals surface area contributed by atoms with E-state index >= 15 is 0 Å². The van der Waals surface area contributed by atoms with Crippen molar-refractivity contribution in [3.63, 3.8) is 0 Å². The molecule has 4 nitrogen and oxygen atoms in total. The first kappa shape index (κ1) is 18.9. The fourth-order valence-electron chi connectivity index (χ4n) is 3.28. The Morgan fingerprint density at radius 1 is 1.31 bits per heavy atom. The molecule has 0 saturated carbocycles. The average molecular weight is 367 g/mol. The zero-order valence-electron chi connectivity index (χ0n) is 15.0. The maximum Gasteiger partial charge on any atom is 0.433 e. The molecule has 2 heterocycles. The van der Waals surface area contributed by atoms with E-state index in [0.29, 0.717) is 35.7 Å². The molecule has 0 aliphatic carbocycles. The Morgan fingerprint density at radius 2 is 2.08 bits per heavy atom. The van der Waals surface area contributed by atoms with E-state index < -0.39 is 11.9 Å². The lowest BCUT2D eigenvalue weighted by atomic mass is 10.1. The predicted molar refractivity (Wildman–Crippen MR) is 96.3 cm³/mol. The van der Waals surface area contributed by atoms with Gasteiger partial charge in [-0.3, -0.25) is 4.90 Å². The van der Waals surface area contributed by atoms with Crippen LogP contribution >= 0.6 is 0 Å². The van der Waals surface area contributed by atoms with Crippen molar-refractivity contribution in [2.24, 2.45) is 5.92 Å². The van der Waals surface area contributed by atoms with Gasteiger partial charge in [0.2, 0.25) is 0 Å². The third-order valence-electron chi connectivity index (χ3n) is 4.37. The van der Waals surface area contributed by atoms with Gasteiger partial charge in [-0.2, -0.15) is 13.2 Å². The normalized spacial score (nSPS) is 19.2. The van der Waals surface area contributed by atoms with Crippen LogP contribution in [-0.4, -0.2) is 48.8 Å². The van der Waals surface area contributed by atoms with E-state index in [0.717, 1.165) is 25.7 Å². The van der Waals surface area contributed by atoms with Gasteiger partial charge in [-0.25, -0.2) is 4.98 Å². The number of nitrogens with zero attached hydrogens (tertiary/aromatic N) is 2. The highest BCUT2D eigenvalue weighted by Gasteiger charge is 2.33. The number of nitrogens with one attached hydrogen (secondary N) is 1. The van der Waals surface area contributed by atoms with Crippen LogP contribution in [0.1, 0.15) is 19.5 Å². The number of morpholine rings is 1. The van der Waals surface area contributed by atoms with Crippen LogP contribution in [0, 0.1) is 5.92 Å². The van der Waals surface area contributed by atoms with E-state index in [1.807, 2.05) is 0 Å². The highest BCUT2D eigenvalue weighted by atomic mass is 19.4. The number of alkyl halides is 3. The quantitative estimate of drug-likeness (QED) is 0.866. The number of aromatic nitrogens is 1. The van der Waals surface area contributed by atoms with Crippen LogP contribution in [0.3, 0.4) is 0 Å². The van der Waals surface area contributed by atoms with Crippen LogP contribution in [0.2, 0.25) is 0 Å². The van der Waals surface area contributed by atoms with Crippen molar-refractivity contribution in [1.82, 2.24) is 9.88 Å². The van der Waals surface area contributed by atoms with Crippen molar-refractivity contribution in [3.05, 3.63) is 36.0 Å². The molecule has 1 aliphatic heterocycles. The molecule has 1 unspecified atom stereocenters. The van der Waals surface area contributed by atoms with Crippen LogP contribution in [0.4, 0.5) is 18.9 Å². The largest absolute Gasteiger partial charge is 0.433 e. The topological polar surface area (TPSA) is 37.4 Å². The van der Waals surface area contributed by atoms with Gasteiger partial charge >= 0.3 is 6.18 Å². The molecular weight excluding hydrogens is 343 g/mol. The van der Waals surface area contributed by atoms with Crippen LogP contribution < -0.4 is 5.32 Å². The molecule has 7 heteroatoms. The summed E-state index contributed by atoms with van der Waals surface area (Å²) < 4.78 is 45.2. The smallest absolute Gasteiger partial charge is 0.382 e. The molecule has 1 N–H and O–H groups in total. The van der Waals surface area contributed by atoms with E-state index in [1.54, 1.807) is 24.3 Å². The van der Waals surface area contributed by atoms with E-state index in [4.69, 9.17) is 4.74 Å². The SMILES string of the molecule is CC(C)CN1CCOC(CNc2cc(C(F)(F)F)nc3ccccc23)C1. The van der Waals surface area contributed by atoms with Crippen molar-refractivity contribution < 1.29 is 17.9 Å². The fourth-order valence-corrected chi connectivity index (χ4v) is 3.28. The van der Waals surface area contributed by atoms with Crippen molar-refractivity contribution in [1.29, 1.82) is 0 Å². The lowest BCUT2D eigenvalue weighted by Crippen LogP contribution is -2.46. The summed E-state index contributed by atoms with van der Waals surface area (Å²) in [5.41, 5.74) is -0.118. The van der Waals surface area contributed by atoms with Crippen LogP contribution in [0.25, 0.3) is 10.9 Å². The molecule has 1 aliphatic rings. The van der Waals surface area contributed by atoms with E-state index in [-0.39, 0.29) is 6.10 Å². The molecule has 2 aromatic rings. The highest BCUT2D eigenvalue weighted by molar-refractivity contribution is 5.91. The average Bonchev–Trinajstić information content (AvgIpc) is 2.58. The first-order valence-electron chi connectivity index (χ1n) is 8.87. The summed E-state index contributed by atoms with van der Waals surface area (Å²) >= 11 is 0. The molecular formula is C19H24F3N3O. The number of ether oxygens (including phenoxy) is 1. The van der Waals surface area contributed by atoms with Crippen molar-refractivity contribution in [2.75, 3.05) is 38.1 Å². The number of pyridine rings is 1. The zero-order chi connectivity index (χ0) is 18.7. The number of anilines is 1. The van der Waals surface area contributed by atoms with Crippen molar-refractivity contribution >= 4 is 16.6 Å². The van der Waals surface area contributed by atoms with Crippen LogP contribution in [0.5, 0.6) is 0 Å². The van der Waals surface area contributed by atoms with Crippen molar-refractivity contribution in [2.45, 2.75) is 26.1 Å². The van der Waals surface area contributed by atoms with Crippen LogP contribution in [-0.2, 0) is 10.9 Å². The molecule has 142 valence electrons. The third kappa shape index (κ3) is 4.65. The van der Waals surface area contributed by atoms with Gasteiger partial charge in [0.15, 0.2) is 0 Å². The van der Waals surface area contributed by atoms with Gasteiger partial charge in [-0.1, -0.05) is 32.0 Å². The predicted octanol–water partition coefficient (Wildman–Crippen LogP) is 4.02. The summed E-state index contributed by atoms with van der Waals surface area (Å²) in [5.74, 6) is 0.570. The van der Waals surface area contributed by atoms with Gasteiger partial charge in [0.1, 0.15) is 5.69 Å². The minimum absolute atomic E-state index is 0.0521. The number of benzene rings is 1. The Labute approximate surface area is 151 Å². The summed E-state index contributed by atoms with van der Waals surface area (Å²) in [5, 5.41) is 3.83. The second-order valence-electron chi connectivity index (χ2n) is 7.10. The molecule has 0 amide bonds. The molecule has 1 fully saturated rings. The number of rotatable bonds is 5. The minimum Gasteiger partial charge on any atom is -0.382 e. The van der Waals surface area contributed by atoms with Gasteiger partial charge in [-0.05, 0) is 18.1 Å². The first-order valence-corrected chi connectivity index (χ1v) is 8.87. The van der Waals surface area contributed by atoms with E-state index in [9.17, 15) is 13.2 Å². The van der Waals surface area contributed by atoms with Gasteiger partial charge in [0.25, 0.3) is 0 Å². The molecule has 1 aromatic carbocycles. The zero-order valence-corrected chi connectivity index (χ0v) is 15.0. The number of halogens is 3. The molecule has 1 atom stereocenters. The summed E-state index contributed by atoms with van der Waals surface area (Å²) in [6.07, 6.45) is -4.53.